The molecule has 3 aromatic rings. The molecule has 0 saturated carbocycles. The predicted molar refractivity (Wildman–Crippen MR) is 116 cm³/mol. The van der Waals surface area contributed by atoms with E-state index >= 15 is 0 Å². The molecular formula is C23H23N3O5. The monoisotopic (exact) mass is 421 g/mol. The fourth-order valence-electron chi connectivity index (χ4n) is 3.75. The van der Waals surface area contributed by atoms with Crippen molar-refractivity contribution >= 4 is 17.1 Å². The number of hydrogen-bond donors (Lipinski definition) is 0. The average molecular weight is 421 g/mol. The Hall–Kier alpha value is -3.81. The Kier molecular flexibility index (Phi) is 5.62. The van der Waals surface area contributed by atoms with Gasteiger partial charge in [-0.25, -0.2) is 4.98 Å². The van der Waals surface area contributed by atoms with Gasteiger partial charge in [-0.05, 0) is 24.1 Å². The van der Waals surface area contributed by atoms with Crippen LogP contribution in [-0.4, -0.2) is 54.6 Å². The molecule has 1 amide bonds. The van der Waals surface area contributed by atoms with Gasteiger partial charge in [-0.15, -0.1) is 0 Å². The maximum Gasteiger partial charge on any atom is 0.270 e. The molecule has 4 rings (SSSR count). The van der Waals surface area contributed by atoms with Gasteiger partial charge < -0.3 is 19.1 Å². The summed E-state index contributed by atoms with van der Waals surface area (Å²) in [4.78, 5) is 31.6. The van der Waals surface area contributed by atoms with Gasteiger partial charge in [-0.3, -0.25) is 14.0 Å². The van der Waals surface area contributed by atoms with Crippen LogP contribution in [0.1, 0.15) is 22.3 Å². The summed E-state index contributed by atoms with van der Waals surface area (Å²) < 4.78 is 17.8. The summed E-state index contributed by atoms with van der Waals surface area (Å²) in [6.07, 6.45) is 5.51. The quantitative estimate of drug-likeness (QED) is 0.630. The summed E-state index contributed by atoms with van der Waals surface area (Å²) in [6, 6.07) is 8.86. The first-order valence-corrected chi connectivity index (χ1v) is 9.82. The van der Waals surface area contributed by atoms with Gasteiger partial charge in [-0.2, -0.15) is 0 Å². The molecular weight excluding hydrogens is 398 g/mol. The van der Waals surface area contributed by atoms with Crippen LogP contribution in [0.5, 0.6) is 17.2 Å². The van der Waals surface area contributed by atoms with Crippen LogP contribution in [0.3, 0.4) is 0 Å². The SMILES string of the molecule is COc1cc(OC)c(C2=CCN(C(=O)c3cnc4ccccn4c3=O)CC2)c(OC)c1. The van der Waals surface area contributed by atoms with Crippen molar-refractivity contribution in [2.45, 2.75) is 6.42 Å². The van der Waals surface area contributed by atoms with E-state index in [1.54, 1.807) is 62.8 Å². The maximum atomic E-state index is 13.0. The zero-order valence-electron chi connectivity index (χ0n) is 17.6. The zero-order valence-corrected chi connectivity index (χ0v) is 17.6. The van der Waals surface area contributed by atoms with Crippen LogP contribution in [-0.2, 0) is 0 Å². The number of fused-ring (bicyclic) bond motifs is 1. The van der Waals surface area contributed by atoms with E-state index in [9.17, 15) is 9.59 Å². The normalized spacial score (nSPS) is 13.6. The number of carbonyl (C=O) groups is 1. The van der Waals surface area contributed by atoms with Crippen molar-refractivity contribution in [2.75, 3.05) is 34.4 Å². The molecule has 1 aliphatic heterocycles. The fourth-order valence-corrected chi connectivity index (χ4v) is 3.75. The molecule has 0 radical (unpaired) electrons. The third-order valence-electron chi connectivity index (χ3n) is 5.38. The van der Waals surface area contributed by atoms with E-state index in [0.29, 0.717) is 42.4 Å². The van der Waals surface area contributed by atoms with Gasteiger partial charge in [0.05, 0.1) is 26.9 Å². The summed E-state index contributed by atoms with van der Waals surface area (Å²) >= 11 is 0. The zero-order chi connectivity index (χ0) is 22.0. The van der Waals surface area contributed by atoms with E-state index in [1.165, 1.54) is 10.6 Å². The first-order chi connectivity index (χ1) is 15.1. The van der Waals surface area contributed by atoms with Crippen LogP contribution in [0.4, 0.5) is 0 Å². The molecule has 0 saturated heterocycles. The number of aromatic nitrogens is 2. The number of amides is 1. The number of carbonyl (C=O) groups excluding carboxylic acids is 1. The third kappa shape index (κ3) is 3.72. The Bertz CT molecular complexity index is 1210. The summed E-state index contributed by atoms with van der Waals surface area (Å²) in [7, 11) is 4.77. The van der Waals surface area contributed by atoms with Crippen LogP contribution < -0.4 is 19.8 Å². The van der Waals surface area contributed by atoms with Gasteiger partial charge in [0.25, 0.3) is 11.5 Å². The summed E-state index contributed by atoms with van der Waals surface area (Å²) in [6.45, 7) is 0.823. The van der Waals surface area contributed by atoms with Crippen molar-refractivity contribution in [1.29, 1.82) is 0 Å². The highest BCUT2D eigenvalue weighted by atomic mass is 16.5. The fraction of sp³-hybridized carbons (Fsp3) is 0.261. The van der Waals surface area contributed by atoms with Crippen molar-refractivity contribution in [3.8, 4) is 17.2 Å². The molecule has 0 N–H and O–H groups in total. The number of benzene rings is 1. The third-order valence-corrected chi connectivity index (χ3v) is 5.38. The highest BCUT2D eigenvalue weighted by Crippen LogP contribution is 2.40. The highest BCUT2D eigenvalue weighted by molar-refractivity contribution is 5.94. The lowest BCUT2D eigenvalue weighted by molar-refractivity contribution is 0.0770. The van der Waals surface area contributed by atoms with Crippen molar-refractivity contribution in [3.63, 3.8) is 0 Å². The van der Waals surface area contributed by atoms with E-state index < -0.39 is 0 Å². The highest BCUT2D eigenvalue weighted by Gasteiger charge is 2.25. The smallest absolute Gasteiger partial charge is 0.270 e. The number of pyridine rings is 1. The van der Waals surface area contributed by atoms with Gasteiger partial charge in [0.15, 0.2) is 0 Å². The van der Waals surface area contributed by atoms with E-state index in [1.807, 2.05) is 6.08 Å². The second kappa shape index (κ2) is 8.51. The number of nitrogens with zero attached hydrogens (tertiary/aromatic N) is 3. The van der Waals surface area contributed by atoms with Gasteiger partial charge in [0, 0.05) is 37.6 Å². The molecule has 2 aromatic heterocycles. The van der Waals surface area contributed by atoms with Crippen molar-refractivity contribution < 1.29 is 19.0 Å². The second-order valence-electron chi connectivity index (χ2n) is 7.04. The lowest BCUT2D eigenvalue weighted by Gasteiger charge is -2.27. The minimum absolute atomic E-state index is 0.0557. The van der Waals surface area contributed by atoms with E-state index in [0.717, 1.165) is 11.1 Å². The largest absolute Gasteiger partial charge is 0.496 e. The standard InChI is InChI=1S/C23H23N3O5/c1-29-16-12-18(30-2)21(19(13-16)31-3)15-7-10-25(11-8-15)22(27)17-14-24-20-6-4-5-9-26(20)23(17)28/h4-7,9,12-14H,8,10-11H2,1-3H3. The lowest BCUT2D eigenvalue weighted by Crippen LogP contribution is -2.38. The molecule has 0 spiro atoms. The number of rotatable bonds is 5. The number of ether oxygens (including phenoxy) is 3. The van der Waals surface area contributed by atoms with E-state index in [2.05, 4.69) is 4.98 Å². The Morgan fingerprint density at radius 3 is 2.42 bits per heavy atom. The Morgan fingerprint density at radius 2 is 1.81 bits per heavy atom. The lowest BCUT2D eigenvalue weighted by atomic mass is 9.97. The molecule has 1 aliphatic rings. The first kappa shape index (κ1) is 20.5. The van der Waals surface area contributed by atoms with E-state index in [-0.39, 0.29) is 17.0 Å². The molecule has 160 valence electrons. The Balaban J connectivity index is 1.63. The molecule has 8 nitrogen and oxygen atoms in total. The number of hydrogen-bond acceptors (Lipinski definition) is 6. The van der Waals surface area contributed by atoms with Crippen molar-refractivity contribution in [1.82, 2.24) is 14.3 Å². The average Bonchev–Trinajstić information content (AvgIpc) is 2.83. The molecule has 0 aliphatic carbocycles. The first-order valence-electron chi connectivity index (χ1n) is 9.82. The number of methoxy groups -OCH3 is 3. The van der Waals surface area contributed by atoms with Crippen molar-refractivity contribution in [2.24, 2.45) is 0 Å². The molecule has 8 heteroatoms. The van der Waals surface area contributed by atoms with E-state index in [4.69, 9.17) is 14.2 Å². The maximum absolute atomic E-state index is 13.0. The summed E-state index contributed by atoms with van der Waals surface area (Å²) in [5.41, 5.74) is 2.03. The van der Waals surface area contributed by atoms with Gasteiger partial charge in [-0.1, -0.05) is 12.1 Å². The van der Waals surface area contributed by atoms with Crippen LogP contribution in [0.25, 0.3) is 11.2 Å². The molecule has 3 heterocycles. The van der Waals surface area contributed by atoms with Crippen LogP contribution >= 0.6 is 0 Å². The molecule has 31 heavy (non-hydrogen) atoms. The molecule has 0 bridgehead atoms. The Morgan fingerprint density at radius 1 is 1.06 bits per heavy atom. The van der Waals surface area contributed by atoms with Crippen LogP contribution in [0, 0.1) is 0 Å². The molecule has 0 unspecified atom stereocenters. The predicted octanol–water partition coefficient (Wildman–Crippen LogP) is 2.65. The minimum Gasteiger partial charge on any atom is -0.496 e. The van der Waals surface area contributed by atoms with Crippen LogP contribution in [0.15, 0.2) is 53.6 Å². The summed E-state index contributed by atoms with van der Waals surface area (Å²) in [5.74, 6) is 1.58. The van der Waals surface area contributed by atoms with Gasteiger partial charge in [0.1, 0.15) is 28.5 Å². The second-order valence-corrected chi connectivity index (χ2v) is 7.04. The molecule has 0 atom stereocenters. The van der Waals surface area contributed by atoms with Gasteiger partial charge in [0.2, 0.25) is 0 Å². The Labute approximate surface area is 179 Å². The summed E-state index contributed by atoms with van der Waals surface area (Å²) in [5, 5.41) is 0. The van der Waals surface area contributed by atoms with Crippen molar-refractivity contribution in [3.05, 3.63) is 70.3 Å². The molecule has 1 aromatic carbocycles. The van der Waals surface area contributed by atoms with Crippen LogP contribution in [0.2, 0.25) is 0 Å². The topological polar surface area (TPSA) is 82.4 Å². The van der Waals surface area contributed by atoms with Gasteiger partial charge >= 0.3 is 0 Å². The molecule has 0 fully saturated rings. The minimum atomic E-state index is -0.371.